The van der Waals surface area contributed by atoms with Gasteiger partial charge in [0.15, 0.2) is 0 Å². The summed E-state index contributed by atoms with van der Waals surface area (Å²) in [7, 11) is 0. The number of allylic oxidation sites excluding steroid dienone is 3. The van der Waals surface area contributed by atoms with Gasteiger partial charge in [0.1, 0.15) is 12.2 Å². The summed E-state index contributed by atoms with van der Waals surface area (Å²) in [6.07, 6.45) is 6.04. The number of aliphatic hydroxyl groups is 4. The van der Waals surface area contributed by atoms with Crippen molar-refractivity contribution in [2.45, 2.75) is 105 Å². The molecule has 1 aliphatic rings. The molecule has 42 heavy (non-hydrogen) atoms. The molecule has 1 aliphatic heterocycles. The van der Waals surface area contributed by atoms with E-state index < -0.39 is 54.6 Å². The first kappa shape index (κ1) is 37.6. The summed E-state index contributed by atoms with van der Waals surface area (Å²) >= 11 is 0. The van der Waals surface area contributed by atoms with E-state index in [0.29, 0.717) is 6.42 Å². The quantitative estimate of drug-likeness (QED) is 0.101. The second-order valence-corrected chi connectivity index (χ2v) is 12.4. The van der Waals surface area contributed by atoms with E-state index >= 15 is 0 Å². The molecular formula is C33H55NO8. The van der Waals surface area contributed by atoms with Crippen LogP contribution in [0.3, 0.4) is 0 Å². The highest BCUT2D eigenvalue weighted by molar-refractivity contribution is 5.73. The molecule has 9 nitrogen and oxygen atoms in total. The minimum Gasteiger partial charge on any atom is -0.462 e. The van der Waals surface area contributed by atoms with Crippen LogP contribution in [-0.4, -0.2) is 69.1 Å². The molecule has 0 bridgehead atoms. The molecular weight excluding hydrogens is 538 g/mol. The molecule has 0 spiro atoms. The summed E-state index contributed by atoms with van der Waals surface area (Å²) in [4.78, 5) is 23.5. The molecule has 13 atom stereocenters. The zero-order valence-corrected chi connectivity index (χ0v) is 26.6. The van der Waals surface area contributed by atoms with Crippen LogP contribution >= 0.6 is 0 Å². The van der Waals surface area contributed by atoms with Crippen molar-refractivity contribution >= 4 is 12.1 Å². The van der Waals surface area contributed by atoms with Gasteiger partial charge in [0.2, 0.25) is 0 Å². The Morgan fingerprint density at radius 1 is 1.02 bits per heavy atom. The second kappa shape index (κ2) is 17.6. The fourth-order valence-corrected chi connectivity index (χ4v) is 5.80. The topological polar surface area (TPSA) is 160 Å². The van der Waals surface area contributed by atoms with E-state index in [4.69, 9.17) is 15.2 Å². The minimum atomic E-state index is -0.894. The van der Waals surface area contributed by atoms with Crippen LogP contribution in [-0.2, 0) is 14.3 Å². The zero-order valence-electron chi connectivity index (χ0n) is 26.6. The molecule has 1 saturated heterocycles. The maximum atomic E-state index is 12.0. The highest BCUT2D eigenvalue weighted by Gasteiger charge is 2.41. The molecule has 8 unspecified atom stereocenters. The second-order valence-electron chi connectivity index (χ2n) is 12.4. The lowest BCUT2D eigenvalue weighted by molar-refractivity contribution is -0.179. The summed E-state index contributed by atoms with van der Waals surface area (Å²) in [5, 5.41) is 42.8. The van der Waals surface area contributed by atoms with Crippen LogP contribution < -0.4 is 5.73 Å². The van der Waals surface area contributed by atoms with E-state index in [1.165, 1.54) is 0 Å². The smallest absolute Gasteiger partial charge is 0.404 e. The number of rotatable bonds is 16. The normalized spacial score (nSPS) is 28.3. The molecule has 1 rings (SSSR count). The summed E-state index contributed by atoms with van der Waals surface area (Å²) in [6, 6.07) is 0. The van der Waals surface area contributed by atoms with Crippen LogP contribution in [0.25, 0.3) is 0 Å². The van der Waals surface area contributed by atoms with Crippen LogP contribution in [0, 0.1) is 41.4 Å². The predicted molar refractivity (Wildman–Crippen MR) is 164 cm³/mol. The molecule has 240 valence electrons. The van der Waals surface area contributed by atoms with Gasteiger partial charge >= 0.3 is 12.1 Å². The molecule has 0 aliphatic carbocycles. The first-order chi connectivity index (χ1) is 19.5. The summed E-state index contributed by atoms with van der Waals surface area (Å²) in [5.41, 5.74) is 6.30. The van der Waals surface area contributed by atoms with Crippen molar-refractivity contribution in [2.75, 3.05) is 0 Å². The molecule has 0 saturated carbocycles. The van der Waals surface area contributed by atoms with Crippen molar-refractivity contribution in [3.63, 3.8) is 0 Å². The predicted octanol–water partition coefficient (Wildman–Crippen LogP) is 4.30. The molecule has 1 amide bonds. The Hall–Kier alpha value is -2.46. The van der Waals surface area contributed by atoms with Crippen molar-refractivity contribution < 1.29 is 39.5 Å². The van der Waals surface area contributed by atoms with Gasteiger partial charge in [0, 0.05) is 36.0 Å². The van der Waals surface area contributed by atoms with Gasteiger partial charge in [-0.25, -0.2) is 4.79 Å². The molecule has 0 aromatic carbocycles. The number of carbonyl (C=O) groups is 2. The van der Waals surface area contributed by atoms with Gasteiger partial charge in [-0.1, -0.05) is 90.2 Å². The number of carbonyl (C=O) groups excluding carboxylic acids is 2. The monoisotopic (exact) mass is 593 g/mol. The highest BCUT2D eigenvalue weighted by Crippen LogP contribution is 2.30. The number of cyclic esters (lactones) is 1. The van der Waals surface area contributed by atoms with Gasteiger partial charge in [-0.15, -0.1) is 0 Å². The van der Waals surface area contributed by atoms with E-state index in [0.717, 1.165) is 5.57 Å². The fourth-order valence-electron chi connectivity index (χ4n) is 5.80. The Bertz CT molecular complexity index is 962. The van der Waals surface area contributed by atoms with Crippen molar-refractivity contribution in [2.24, 2.45) is 47.2 Å². The van der Waals surface area contributed by atoms with E-state index in [9.17, 15) is 30.0 Å². The molecule has 1 heterocycles. The SMILES string of the molecule is C=C/C=C\[C@H](C)C(OC(N)=O)C(C)C(O)C(C)C/C(C)=C\C(C)C(O)[C@@H](C)/C=C\[C@@H](O)C[C@@H]1OC(=O)[C@H](C)C(O)C1C. The summed E-state index contributed by atoms with van der Waals surface area (Å²) < 4.78 is 10.8. The number of ether oxygens (including phenoxy) is 2. The van der Waals surface area contributed by atoms with Crippen molar-refractivity contribution in [3.8, 4) is 0 Å². The Labute approximate surface area is 252 Å². The third-order valence-electron chi connectivity index (χ3n) is 8.62. The number of primary amides is 1. The van der Waals surface area contributed by atoms with Crippen LogP contribution in [0.15, 0.2) is 48.6 Å². The third kappa shape index (κ3) is 11.3. The lowest BCUT2D eigenvalue weighted by atomic mass is 9.81. The Kier molecular flexibility index (Phi) is 15.7. The number of nitrogens with two attached hydrogens (primary N) is 1. The molecule has 1 fully saturated rings. The average Bonchev–Trinajstić information content (AvgIpc) is 2.93. The lowest BCUT2D eigenvalue weighted by Gasteiger charge is -2.36. The largest absolute Gasteiger partial charge is 0.462 e. The number of amides is 1. The van der Waals surface area contributed by atoms with Crippen LogP contribution in [0.4, 0.5) is 4.79 Å². The van der Waals surface area contributed by atoms with Crippen molar-refractivity contribution in [3.05, 3.63) is 48.6 Å². The first-order valence-corrected chi connectivity index (χ1v) is 15.0. The Balaban J connectivity index is 2.76. The maximum Gasteiger partial charge on any atom is 0.404 e. The standard InChI is InChI=1S/C33H55NO8/c1-10-11-12-20(4)31(42-33(34)40)24(8)29(37)22(6)16-18(2)15-21(5)28(36)19(3)13-14-26(35)17-27-23(7)30(38)25(9)32(39)41-27/h10-15,19-31,35-38H,1,16-17H2,2-9H3,(H2,34,40)/b12-11-,14-13-,18-15-/t19-,20-,21?,22?,23?,24?,25+,26+,27-,28?,29?,30?,31?/m0/s1. The van der Waals surface area contributed by atoms with Gasteiger partial charge in [-0.3, -0.25) is 4.79 Å². The number of esters is 1. The van der Waals surface area contributed by atoms with E-state index in [1.54, 1.807) is 38.2 Å². The zero-order chi connectivity index (χ0) is 32.3. The van der Waals surface area contributed by atoms with Gasteiger partial charge < -0.3 is 35.6 Å². The Morgan fingerprint density at radius 2 is 1.64 bits per heavy atom. The van der Waals surface area contributed by atoms with Crippen LogP contribution in [0.5, 0.6) is 0 Å². The molecule has 0 aromatic heterocycles. The van der Waals surface area contributed by atoms with E-state index in [1.807, 2.05) is 53.7 Å². The van der Waals surface area contributed by atoms with Gasteiger partial charge in [-0.2, -0.15) is 0 Å². The molecule has 0 radical (unpaired) electrons. The number of hydrogen-bond donors (Lipinski definition) is 5. The maximum absolute atomic E-state index is 12.0. The van der Waals surface area contributed by atoms with E-state index in [-0.39, 0.29) is 41.9 Å². The number of aliphatic hydroxyl groups excluding tert-OH is 4. The Morgan fingerprint density at radius 3 is 2.21 bits per heavy atom. The van der Waals surface area contributed by atoms with Gasteiger partial charge in [0.05, 0.1) is 30.3 Å². The van der Waals surface area contributed by atoms with E-state index in [2.05, 4.69) is 6.58 Å². The van der Waals surface area contributed by atoms with Crippen molar-refractivity contribution in [1.29, 1.82) is 0 Å². The molecule has 6 N–H and O–H groups in total. The minimum absolute atomic E-state index is 0.152. The highest BCUT2D eigenvalue weighted by atomic mass is 16.6. The lowest BCUT2D eigenvalue weighted by Crippen LogP contribution is -2.47. The fraction of sp³-hybridized carbons (Fsp3) is 0.697. The van der Waals surface area contributed by atoms with Crippen molar-refractivity contribution in [1.82, 2.24) is 0 Å². The summed E-state index contributed by atoms with van der Waals surface area (Å²) in [6.45, 7) is 18.5. The van der Waals surface area contributed by atoms with Crippen LogP contribution in [0.1, 0.15) is 68.2 Å². The van der Waals surface area contributed by atoms with Gasteiger partial charge in [-0.05, 0) is 26.2 Å². The number of hydrogen-bond acceptors (Lipinski definition) is 8. The van der Waals surface area contributed by atoms with Gasteiger partial charge in [0.25, 0.3) is 0 Å². The van der Waals surface area contributed by atoms with Crippen LogP contribution in [0.2, 0.25) is 0 Å². The summed E-state index contributed by atoms with van der Waals surface area (Å²) in [5.74, 6) is -2.52. The third-order valence-corrected chi connectivity index (χ3v) is 8.62. The molecule has 9 heteroatoms. The first-order valence-electron chi connectivity index (χ1n) is 15.0. The molecule has 0 aromatic rings. The average molecular weight is 594 g/mol.